The number of hydrogen-bond acceptors (Lipinski definition) is 2. The van der Waals surface area contributed by atoms with Crippen molar-refractivity contribution in [1.29, 1.82) is 0 Å². The summed E-state index contributed by atoms with van der Waals surface area (Å²) in [5.74, 6) is 0. The normalized spacial score (nSPS) is 15.2. The predicted octanol–water partition coefficient (Wildman–Crippen LogP) is 14.3. The molecule has 3 heterocycles. The topological polar surface area (TPSA) is 34.2 Å². The fraction of sp³-hybridized carbons (Fsp3) is 0.0702. The standard InChI is InChI=1S/C57H40N4/c1-57(2)48-22-9-5-18-41(48)47-33-36(27-31-49(47)57)54-46-29-26-35-14-3-4-17-40(35)55(46)59-56(58-54)37-15-13-16-38(32-37)61-52-25-12-8-21-44(52)45-30-28-39(34-53(45)61)60-50-23-10-6-19-42(50)43-20-7-11-24-51(43)60/h3-34,56,59H,1-2H3. The van der Waals surface area contributed by atoms with Gasteiger partial charge in [0.05, 0.1) is 33.5 Å². The third-order valence-corrected chi connectivity index (χ3v) is 13.5. The van der Waals surface area contributed by atoms with E-state index in [1.165, 1.54) is 71.1 Å². The Morgan fingerprint density at radius 2 is 1.05 bits per heavy atom. The Morgan fingerprint density at radius 1 is 0.443 bits per heavy atom. The minimum Gasteiger partial charge on any atom is -0.359 e. The molecule has 1 atom stereocenters. The van der Waals surface area contributed by atoms with Crippen molar-refractivity contribution in [2.75, 3.05) is 5.32 Å². The summed E-state index contributed by atoms with van der Waals surface area (Å²) in [6, 6.07) is 71.2. The van der Waals surface area contributed by atoms with Crippen LogP contribution in [-0.4, -0.2) is 14.8 Å². The van der Waals surface area contributed by atoms with Crippen molar-refractivity contribution in [3.8, 4) is 22.5 Å². The number of hydrogen-bond donors (Lipinski definition) is 1. The maximum Gasteiger partial charge on any atom is 0.145 e. The lowest BCUT2D eigenvalue weighted by Crippen LogP contribution is -2.21. The average molecular weight is 781 g/mol. The lowest BCUT2D eigenvalue weighted by atomic mass is 9.82. The summed E-state index contributed by atoms with van der Waals surface area (Å²) >= 11 is 0. The van der Waals surface area contributed by atoms with Crippen LogP contribution in [-0.2, 0) is 5.41 Å². The van der Waals surface area contributed by atoms with E-state index in [9.17, 15) is 0 Å². The Bertz CT molecular complexity index is 3620. The summed E-state index contributed by atoms with van der Waals surface area (Å²) in [5.41, 5.74) is 17.7. The van der Waals surface area contributed by atoms with Crippen LogP contribution in [0.15, 0.2) is 199 Å². The molecule has 0 fully saturated rings. The third kappa shape index (κ3) is 4.90. The minimum absolute atomic E-state index is 0.0610. The molecule has 61 heavy (non-hydrogen) atoms. The molecule has 0 spiro atoms. The highest BCUT2D eigenvalue weighted by molar-refractivity contribution is 6.21. The Balaban J connectivity index is 0.993. The van der Waals surface area contributed by atoms with Crippen LogP contribution in [0, 0.1) is 0 Å². The van der Waals surface area contributed by atoms with Gasteiger partial charge in [-0.2, -0.15) is 0 Å². The van der Waals surface area contributed by atoms with Crippen LogP contribution in [0.4, 0.5) is 5.69 Å². The largest absolute Gasteiger partial charge is 0.359 e. The zero-order chi connectivity index (χ0) is 40.4. The molecule has 13 rings (SSSR count). The van der Waals surface area contributed by atoms with Crippen LogP contribution in [0.1, 0.15) is 47.8 Å². The number of aromatic nitrogens is 2. The van der Waals surface area contributed by atoms with Crippen LogP contribution in [0.5, 0.6) is 0 Å². The second-order valence-corrected chi connectivity index (χ2v) is 17.2. The maximum atomic E-state index is 5.63. The van der Waals surface area contributed by atoms with Crippen LogP contribution >= 0.6 is 0 Å². The first kappa shape index (κ1) is 34.2. The van der Waals surface area contributed by atoms with E-state index in [-0.39, 0.29) is 11.6 Å². The highest BCUT2D eigenvalue weighted by Gasteiger charge is 2.36. The summed E-state index contributed by atoms with van der Waals surface area (Å²) in [7, 11) is 0. The van der Waals surface area contributed by atoms with Gasteiger partial charge in [-0.25, -0.2) is 0 Å². The zero-order valence-corrected chi connectivity index (χ0v) is 33.9. The summed E-state index contributed by atoms with van der Waals surface area (Å²) in [6.07, 6.45) is -0.313. The highest BCUT2D eigenvalue weighted by atomic mass is 15.1. The van der Waals surface area contributed by atoms with Crippen molar-refractivity contribution in [2.45, 2.75) is 25.4 Å². The molecule has 4 heteroatoms. The molecule has 0 radical (unpaired) electrons. The van der Waals surface area contributed by atoms with Gasteiger partial charge in [-0.15, -0.1) is 0 Å². The van der Waals surface area contributed by atoms with E-state index in [1.54, 1.807) is 0 Å². The molecule has 1 unspecified atom stereocenters. The summed E-state index contributed by atoms with van der Waals surface area (Å²) in [6.45, 7) is 4.68. The molecule has 0 saturated carbocycles. The van der Waals surface area contributed by atoms with Gasteiger partial charge in [-0.1, -0.05) is 159 Å². The number of nitrogens with one attached hydrogen (secondary N) is 1. The molecule has 4 nitrogen and oxygen atoms in total. The van der Waals surface area contributed by atoms with Gasteiger partial charge >= 0.3 is 0 Å². The van der Waals surface area contributed by atoms with Crippen molar-refractivity contribution in [3.05, 3.63) is 222 Å². The van der Waals surface area contributed by atoms with Crippen molar-refractivity contribution >= 4 is 65.8 Å². The van der Waals surface area contributed by atoms with Gasteiger partial charge in [-0.3, -0.25) is 4.99 Å². The lowest BCUT2D eigenvalue weighted by Gasteiger charge is -2.28. The van der Waals surface area contributed by atoms with Crippen molar-refractivity contribution in [2.24, 2.45) is 4.99 Å². The van der Waals surface area contributed by atoms with Gasteiger partial charge in [0.25, 0.3) is 0 Å². The van der Waals surface area contributed by atoms with Crippen molar-refractivity contribution in [1.82, 2.24) is 9.13 Å². The van der Waals surface area contributed by atoms with Crippen LogP contribution in [0.3, 0.4) is 0 Å². The molecule has 0 saturated heterocycles. The predicted molar refractivity (Wildman–Crippen MR) is 255 cm³/mol. The fourth-order valence-electron chi connectivity index (χ4n) is 10.7. The zero-order valence-electron chi connectivity index (χ0n) is 33.9. The van der Waals surface area contributed by atoms with Crippen LogP contribution in [0.25, 0.3) is 76.9 Å². The summed E-state index contributed by atoms with van der Waals surface area (Å²) < 4.78 is 4.84. The average Bonchev–Trinajstić information content (AvgIpc) is 3.91. The Kier molecular flexibility index (Phi) is 7.10. The van der Waals surface area contributed by atoms with E-state index in [0.717, 1.165) is 45.0 Å². The molecule has 11 aromatic rings. The van der Waals surface area contributed by atoms with Gasteiger partial charge in [0, 0.05) is 54.8 Å². The first-order chi connectivity index (χ1) is 30.0. The number of aliphatic imine (C=N–C) groups is 1. The maximum absolute atomic E-state index is 5.63. The minimum atomic E-state index is -0.313. The van der Waals surface area contributed by atoms with Gasteiger partial charge in [-0.05, 0) is 81.7 Å². The summed E-state index contributed by atoms with van der Waals surface area (Å²) in [5, 5.41) is 11.3. The highest BCUT2D eigenvalue weighted by Crippen LogP contribution is 2.49. The number of nitrogens with zero attached hydrogens (tertiary/aromatic N) is 3. The molecule has 288 valence electrons. The molecule has 1 aliphatic carbocycles. The van der Waals surface area contributed by atoms with E-state index in [0.29, 0.717) is 0 Å². The monoisotopic (exact) mass is 780 g/mol. The first-order valence-electron chi connectivity index (χ1n) is 21.2. The Morgan fingerprint density at radius 3 is 1.80 bits per heavy atom. The first-order valence-corrected chi connectivity index (χ1v) is 21.2. The lowest BCUT2D eigenvalue weighted by molar-refractivity contribution is 0.660. The van der Waals surface area contributed by atoms with E-state index in [2.05, 4.69) is 222 Å². The van der Waals surface area contributed by atoms with E-state index in [1.807, 2.05) is 0 Å². The molecular weight excluding hydrogens is 741 g/mol. The SMILES string of the molecule is CC1(C)c2ccccc2-c2cc(C3=NC(c4cccc(-n5c6ccccc6c6ccc(-n7c8ccccc8c8ccccc87)cc65)c4)Nc4c3ccc3ccccc43)ccc21. The van der Waals surface area contributed by atoms with Crippen LogP contribution < -0.4 is 5.32 Å². The van der Waals surface area contributed by atoms with Gasteiger partial charge in [0.1, 0.15) is 6.17 Å². The molecule has 2 aromatic heterocycles. The summed E-state index contributed by atoms with van der Waals surface area (Å²) in [4.78, 5) is 5.63. The number of benzene rings is 9. The van der Waals surface area contributed by atoms with Crippen molar-refractivity contribution < 1.29 is 0 Å². The van der Waals surface area contributed by atoms with Crippen LogP contribution in [0.2, 0.25) is 0 Å². The fourth-order valence-corrected chi connectivity index (χ4v) is 10.7. The Labute approximate surface area is 353 Å². The van der Waals surface area contributed by atoms with Gasteiger partial charge in [0.2, 0.25) is 0 Å². The third-order valence-electron chi connectivity index (χ3n) is 13.5. The van der Waals surface area contributed by atoms with E-state index < -0.39 is 0 Å². The molecule has 2 aliphatic rings. The number of rotatable bonds is 4. The Hall–Kier alpha value is -7.69. The number of anilines is 1. The smallest absolute Gasteiger partial charge is 0.145 e. The molecule has 1 N–H and O–H groups in total. The van der Waals surface area contributed by atoms with Gasteiger partial charge in [0.15, 0.2) is 0 Å². The molecule has 0 bridgehead atoms. The van der Waals surface area contributed by atoms with E-state index >= 15 is 0 Å². The quantitative estimate of drug-likeness (QED) is 0.190. The molecule has 0 amide bonds. The number of fused-ring (bicyclic) bond motifs is 12. The molecule has 9 aromatic carbocycles. The number of para-hydroxylation sites is 3. The molecule has 1 aliphatic heterocycles. The van der Waals surface area contributed by atoms with Crippen molar-refractivity contribution in [3.63, 3.8) is 0 Å². The second-order valence-electron chi connectivity index (χ2n) is 17.2. The molecular formula is C57H40N4. The second kappa shape index (κ2) is 12.7. The van der Waals surface area contributed by atoms with E-state index in [4.69, 9.17) is 4.99 Å². The van der Waals surface area contributed by atoms with Gasteiger partial charge < -0.3 is 14.5 Å².